The molecule has 0 saturated carbocycles. The van der Waals surface area contributed by atoms with E-state index in [9.17, 15) is 18.4 Å². The summed E-state index contributed by atoms with van der Waals surface area (Å²) in [6.45, 7) is 1.77. The Morgan fingerprint density at radius 1 is 1.08 bits per heavy atom. The average Bonchev–Trinajstić information content (AvgIpc) is 3.50. The summed E-state index contributed by atoms with van der Waals surface area (Å²) < 4.78 is 42.5. The highest BCUT2D eigenvalue weighted by atomic mass is 32.2. The van der Waals surface area contributed by atoms with Crippen molar-refractivity contribution < 1.29 is 22.8 Å². The maximum atomic E-state index is 15.1. The molecule has 2 unspecified atom stereocenters. The lowest BCUT2D eigenvalue weighted by Crippen LogP contribution is -2.58. The number of amides is 2. The molecule has 194 valence electrons. The lowest BCUT2D eigenvalue weighted by molar-refractivity contribution is -0.129. The van der Waals surface area contributed by atoms with Crippen LogP contribution in [0.1, 0.15) is 23.3 Å². The summed E-state index contributed by atoms with van der Waals surface area (Å²) in [6, 6.07) is 12.3. The maximum absolute atomic E-state index is 15.1. The third-order valence-electron chi connectivity index (χ3n) is 6.09. The third-order valence-corrected chi connectivity index (χ3v) is 7.64. The summed E-state index contributed by atoms with van der Waals surface area (Å²) in [5.41, 5.74) is -0.707. The Morgan fingerprint density at radius 2 is 1.81 bits per heavy atom. The molecule has 2 N–H and O–H groups in total. The number of carbonyl (C=O) groups is 2. The fraction of sp³-hybridized carbons (Fsp3) is 0.269. The average molecular weight is 547 g/mol. The second-order valence-electron chi connectivity index (χ2n) is 8.52. The van der Waals surface area contributed by atoms with E-state index in [1.165, 1.54) is 46.7 Å². The van der Waals surface area contributed by atoms with Crippen molar-refractivity contribution >= 4 is 46.3 Å². The number of nitrogens with one attached hydrogen (secondary N) is 2. The van der Waals surface area contributed by atoms with Gasteiger partial charge >= 0.3 is 0 Å². The number of hydrogen-bond acceptors (Lipinski definition) is 6. The van der Waals surface area contributed by atoms with Crippen molar-refractivity contribution in [3.05, 3.63) is 87.9 Å². The van der Waals surface area contributed by atoms with Crippen molar-refractivity contribution in [2.45, 2.75) is 18.4 Å². The van der Waals surface area contributed by atoms with Gasteiger partial charge < -0.3 is 10.6 Å². The van der Waals surface area contributed by atoms with Crippen LogP contribution in [-0.2, 0) is 9.59 Å². The standard InChI is InChI=1S/C26H25F3N4O2S2/c1-26(25(35)31-15-22(34)30-11-13-36-2)23(21-4-3-12-37-21)24(16-5-7-17(27)8-6-16)32-33(26)20-10-9-18(28)14-19(20)29/h3-10,12,14,23H,11,13,15H2,1-2H3,(H,30,34)(H,31,35). The van der Waals surface area contributed by atoms with Crippen molar-refractivity contribution in [3.63, 3.8) is 0 Å². The van der Waals surface area contributed by atoms with Crippen LogP contribution >= 0.6 is 23.1 Å². The predicted octanol–water partition coefficient (Wildman–Crippen LogP) is 4.53. The molecule has 1 aliphatic rings. The van der Waals surface area contributed by atoms with E-state index in [4.69, 9.17) is 0 Å². The van der Waals surface area contributed by atoms with Crippen LogP contribution in [0.2, 0.25) is 0 Å². The number of thiophene rings is 1. The lowest BCUT2D eigenvalue weighted by atomic mass is 9.78. The van der Waals surface area contributed by atoms with Gasteiger partial charge in [0.05, 0.1) is 23.9 Å². The molecule has 0 bridgehead atoms. The Hall–Kier alpha value is -3.31. The number of hydrazone groups is 1. The largest absolute Gasteiger partial charge is 0.354 e. The van der Waals surface area contributed by atoms with Crippen LogP contribution in [0.5, 0.6) is 0 Å². The smallest absolute Gasteiger partial charge is 0.249 e. The second-order valence-corrected chi connectivity index (χ2v) is 10.5. The van der Waals surface area contributed by atoms with E-state index in [1.807, 2.05) is 23.8 Å². The number of nitrogens with zero attached hydrogens (tertiary/aromatic N) is 2. The molecule has 0 saturated heterocycles. The molecule has 4 rings (SSSR count). The molecule has 0 aliphatic carbocycles. The molecular weight excluding hydrogens is 521 g/mol. The first-order chi connectivity index (χ1) is 17.8. The van der Waals surface area contributed by atoms with Crippen LogP contribution in [0, 0.1) is 17.5 Å². The Labute approximate surface area is 220 Å². The summed E-state index contributed by atoms with van der Waals surface area (Å²) in [5, 5.41) is 13.1. The van der Waals surface area contributed by atoms with Crippen LogP contribution in [0.3, 0.4) is 0 Å². The number of halogens is 3. The number of carbonyl (C=O) groups excluding carboxylic acids is 2. The van der Waals surface area contributed by atoms with Crippen molar-refractivity contribution in [2.75, 3.05) is 30.1 Å². The molecule has 1 aliphatic heterocycles. The summed E-state index contributed by atoms with van der Waals surface area (Å²) in [7, 11) is 0. The van der Waals surface area contributed by atoms with Gasteiger partial charge in [0.2, 0.25) is 11.8 Å². The zero-order valence-electron chi connectivity index (χ0n) is 20.1. The summed E-state index contributed by atoms with van der Waals surface area (Å²) in [6.07, 6.45) is 1.92. The molecular formula is C26H25F3N4O2S2. The molecule has 0 spiro atoms. The molecule has 3 aromatic rings. The van der Waals surface area contributed by atoms with Gasteiger partial charge in [0.15, 0.2) is 11.4 Å². The van der Waals surface area contributed by atoms with Gasteiger partial charge in [-0.25, -0.2) is 18.2 Å². The van der Waals surface area contributed by atoms with E-state index in [2.05, 4.69) is 15.7 Å². The van der Waals surface area contributed by atoms with E-state index >= 15 is 4.39 Å². The molecule has 0 fully saturated rings. The third kappa shape index (κ3) is 5.52. The number of hydrogen-bond donors (Lipinski definition) is 2. The van der Waals surface area contributed by atoms with Crippen LogP contribution in [0.15, 0.2) is 65.1 Å². The van der Waals surface area contributed by atoms with Crippen molar-refractivity contribution in [1.82, 2.24) is 10.6 Å². The Balaban J connectivity index is 1.78. The minimum absolute atomic E-state index is 0.109. The Morgan fingerprint density at radius 3 is 2.46 bits per heavy atom. The second kappa shape index (κ2) is 11.4. The summed E-state index contributed by atoms with van der Waals surface area (Å²) in [5.74, 6) is -3.03. The normalized spacial score (nSPS) is 19.0. The fourth-order valence-electron chi connectivity index (χ4n) is 4.25. The molecule has 1 aromatic heterocycles. The summed E-state index contributed by atoms with van der Waals surface area (Å²) >= 11 is 2.96. The first-order valence-electron chi connectivity index (χ1n) is 11.4. The zero-order valence-corrected chi connectivity index (χ0v) is 21.8. The Bertz CT molecular complexity index is 1300. The van der Waals surface area contributed by atoms with Gasteiger partial charge in [-0.1, -0.05) is 18.2 Å². The molecule has 0 radical (unpaired) electrons. The number of anilines is 1. The highest BCUT2D eigenvalue weighted by molar-refractivity contribution is 7.98. The minimum Gasteiger partial charge on any atom is -0.354 e. The monoisotopic (exact) mass is 546 g/mol. The van der Waals surface area contributed by atoms with Crippen LogP contribution in [0.25, 0.3) is 0 Å². The van der Waals surface area contributed by atoms with Gasteiger partial charge in [-0.2, -0.15) is 16.9 Å². The van der Waals surface area contributed by atoms with Crippen LogP contribution < -0.4 is 15.6 Å². The zero-order chi connectivity index (χ0) is 26.6. The molecule has 2 aromatic carbocycles. The van der Waals surface area contributed by atoms with Gasteiger partial charge in [0.25, 0.3) is 0 Å². The minimum atomic E-state index is -1.55. The number of benzene rings is 2. The van der Waals surface area contributed by atoms with Gasteiger partial charge in [0.1, 0.15) is 11.6 Å². The van der Waals surface area contributed by atoms with Crippen molar-refractivity contribution in [3.8, 4) is 0 Å². The van der Waals surface area contributed by atoms with E-state index in [0.29, 0.717) is 17.8 Å². The van der Waals surface area contributed by atoms with E-state index in [0.717, 1.165) is 22.8 Å². The van der Waals surface area contributed by atoms with E-state index in [-0.39, 0.29) is 18.1 Å². The molecule has 11 heteroatoms. The van der Waals surface area contributed by atoms with Gasteiger partial charge in [-0.3, -0.25) is 9.59 Å². The van der Waals surface area contributed by atoms with Crippen molar-refractivity contribution in [2.24, 2.45) is 5.10 Å². The maximum Gasteiger partial charge on any atom is 0.249 e. The highest BCUT2D eigenvalue weighted by Crippen LogP contribution is 2.46. The molecule has 37 heavy (non-hydrogen) atoms. The van der Waals surface area contributed by atoms with E-state index in [1.54, 1.807) is 18.7 Å². The first kappa shape index (κ1) is 26.7. The first-order valence-corrected chi connectivity index (χ1v) is 13.7. The van der Waals surface area contributed by atoms with E-state index < -0.39 is 34.8 Å². The van der Waals surface area contributed by atoms with Crippen LogP contribution in [0.4, 0.5) is 18.9 Å². The molecule has 2 heterocycles. The van der Waals surface area contributed by atoms with Crippen LogP contribution in [-0.4, -0.2) is 48.2 Å². The quantitative estimate of drug-likeness (QED) is 0.387. The van der Waals surface area contributed by atoms with Gasteiger partial charge in [-0.15, -0.1) is 11.3 Å². The Kier molecular flexibility index (Phi) is 8.23. The molecule has 6 nitrogen and oxygen atoms in total. The summed E-state index contributed by atoms with van der Waals surface area (Å²) in [4.78, 5) is 26.9. The number of rotatable bonds is 9. The molecule has 2 atom stereocenters. The predicted molar refractivity (Wildman–Crippen MR) is 142 cm³/mol. The number of thioether (sulfide) groups is 1. The topological polar surface area (TPSA) is 73.8 Å². The van der Waals surface area contributed by atoms with Gasteiger partial charge in [0, 0.05) is 23.2 Å². The SMILES string of the molecule is CSCCNC(=O)CNC(=O)C1(C)C(c2cccs2)C(c2ccc(F)cc2)=NN1c1ccc(F)cc1F. The highest BCUT2D eigenvalue weighted by Gasteiger charge is 2.55. The fourth-order valence-corrected chi connectivity index (χ4v) is 5.50. The lowest BCUT2D eigenvalue weighted by Gasteiger charge is -2.37. The molecule has 2 amide bonds. The van der Waals surface area contributed by atoms with Crippen molar-refractivity contribution in [1.29, 1.82) is 0 Å². The van der Waals surface area contributed by atoms with Gasteiger partial charge in [-0.05, 0) is 54.5 Å².